The van der Waals surface area contributed by atoms with Crippen LogP contribution in [-0.4, -0.2) is 70.2 Å². The van der Waals surface area contributed by atoms with E-state index in [1.165, 1.54) is 10.6 Å². The number of sulfonamides is 1. The molecule has 6 nitrogen and oxygen atoms in total. The predicted molar refractivity (Wildman–Crippen MR) is 102 cm³/mol. The molecule has 1 fully saturated rings. The summed E-state index contributed by atoms with van der Waals surface area (Å²) >= 11 is 0. The highest BCUT2D eigenvalue weighted by Crippen LogP contribution is 2.32. The van der Waals surface area contributed by atoms with Gasteiger partial charge in [0, 0.05) is 26.2 Å². The highest BCUT2D eigenvalue weighted by atomic mass is 32.2. The number of amides is 1. The zero-order valence-corrected chi connectivity index (χ0v) is 16.6. The number of aryl methyl sites for hydroxylation is 1. The van der Waals surface area contributed by atoms with E-state index in [4.69, 9.17) is 0 Å². The van der Waals surface area contributed by atoms with Crippen molar-refractivity contribution in [2.75, 3.05) is 50.3 Å². The molecule has 0 bridgehead atoms. The first-order valence-electron chi connectivity index (χ1n) is 8.64. The third kappa shape index (κ3) is 4.73. The molecule has 0 atom stereocenters. The van der Waals surface area contributed by atoms with Crippen LogP contribution >= 0.6 is 0 Å². The molecule has 0 unspecified atom stereocenters. The standard InChI is InChI=1S/C18H29N3O3S/c1-14(2)16-8-6-7-15(3)18(16)21(25(5,23)24)13-17(22)20-11-9-19(4)10-12-20/h6-8,14H,9-13H2,1-5H3. The van der Waals surface area contributed by atoms with Gasteiger partial charge in [-0.15, -0.1) is 0 Å². The topological polar surface area (TPSA) is 60.9 Å². The van der Waals surface area contributed by atoms with Crippen LogP contribution in [0.1, 0.15) is 30.9 Å². The van der Waals surface area contributed by atoms with Gasteiger partial charge in [-0.1, -0.05) is 32.0 Å². The fourth-order valence-electron chi connectivity index (χ4n) is 3.13. The second-order valence-corrected chi connectivity index (χ2v) is 9.03. The summed E-state index contributed by atoms with van der Waals surface area (Å²) in [6.45, 7) is 8.70. The zero-order valence-electron chi connectivity index (χ0n) is 15.8. The lowest BCUT2D eigenvalue weighted by atomic mass is 9.98. The SMILES string of the molecule is Cc1cccc(C(C)C)c1N(CC(=O)N1CCN(C)CC1)S(C)(=O)=O. The number of carbonyl (C=O) groups excluding carboxylic acids is 1. The van der Waals surface area contributed by atoms with E-state index in [1.54, 1.807) is 4.90 Å². The van der Waals surface area contributed by atoms with Gasteiger partial charge in [0.2, 0.25) is 15.9 Å². The van der Waals surface area contributed by atoms with Gasteiger partial charge in [0.05, 0.1) is 11.9 Å². The summed E-state index contributed by atoms with van der Waals surface area (Å²) in [5.74, 6) is 0.0226. The van der Waals surface area contributed by atoms with E-state index < -0.39 is 10.0 Å². The normalized spacial score (nSPS) is 16.3. The summed E-state index contributed by atoms with van der Waals surface area (Å²) in [6.07, 6.45) is 1.17. The maximum Gasteiger partial charge on any atom is 0.243 e. The Morgan fingerprint density at radius 1 is 1.20 bits per heavy atom. The van der Waals surface area contributed by atoms with E-state index in [2.05, 4.69) is 4.90 Å². The molecule has 7 heteroatoms. The van der Waals surface area contributed by atoms with Gasteiger partial charge < -0.3 is 9.80 Å². The van der Waals surface area contributed by atoms with E-state index in [-0.39, 0.29) is 18.4 Å². The number of anilines is 1. The molecule has 0 saturated carbocycles. The molecule has 1 amide bonds. The minimum Gasteiger partial charge on any atom is -0.339 e. The Morgan fingerprint density at radius 3 is 2.32 bits per heavy atom. The largest absolute Gasteiger partial charge is 0.339 e. The molecule has 1 aliphatic rings. The minimum atomic E-state index is -3.57. The molecule has 0 aromatic heterocycles. The zero-order chi connectivity index (χ0) is 18.8. The van der Waals surface area contributed by atoms with Crippen molar-refractivity contribution in [1.82, 2.24) is 9.80 Å². The lowest BCUT2D eigenvalue weighted by Crippen LogP contribution is -2.51. The molecule has 0 radical (unpaired) electrons. The smallest absolute Gasteiger partial charge is 0.243 e. The Kier molecular flexibility index (Phi) is 6.11. The predicted octanol–water partition coefficient (Wildman–Crippen LogP) is 1.66. The summed E-state index contributed by atoms with van der Waals surface area (Å²) in [4.78, 5) is 16.6. The van der Waals surface area contributed by atoms with Crippen LogP contribution in [0.15, 0.2) is 18.2 Å². The number of hydrogen-bond donors (Lipinski definition) is 0. The van der Waals surface area contributed by atoms with Crippen molar-refractivity contribution < 1.29 is 13.2 Å². The number of piperazine rings is 1. The van der Waals surface area contributed by atoms with Crippen molar-refractivity contribution in [2.45, 2.75) is 26.7 Å². The molecule has 1 aliphatic heterocycles. The van der Waals surface area contributed by atoms with Crippen LogP contribution in [0.25, 0.3) is 0 Å². The Labute approximate surface area is 151 Å². The third-order valence-corrected chi connectivity index (χ3v) is 5.79. The maximum atomic E-state index is 12.7. The molecule has 1 aromatic rings. The van der Waals surface area contributed by atoms with Crippen molar-refractivity contribution in [3.05, 3.63) is 29.3 Å². The average Bonchev–Trinajstić information content (AvgIpc) is 2.52. The van der Waals surface area contributed by atoms with Crippen LogP contribution in [0.2, 0.25) is 0 Å². The van der Waals surface area contributed by atoms with Gasteiger partial charge >= 0.3 is 0 Å². The molecular formula is C18H29N3O3S. The number of carbonyl (C=O) groups is 1. The number of hydrogen-bond acceptors (Lipinski definition) is 4. The van der Waals surface area contributed by atoms with Crippen molar-refractivity contribution in [2.24, 2.45) is 0 Å². The molecule has 0 N–H and O–H groups in total. The molecule has 25 heavy (non-hydrogen) atoms. The van der Waals surface area contributed by atoms with Crippen LogP contribution in [0.5, 0.6) is 0 Å². The molecule has 1 heterocycles. The lowest BCUT2D eigenvalue weighted by molar-refractivity contribution is -0.131. The van der Waals surface area contributed by atoms with Crippen LogP contribution in [-0.2, 0) is 14.8 Å². The van der Waals surface area contributed by atoms with E-state index in [0.717, 1.165) is 24.2 Å². The highest BCUT2D eigenvalue weighted by Gasteiger charge is 2.28. The maximum absolute atomic E-state index is 12.7. The highest BCUT2D eigenvalue weighted by molar-refractivity contribution is 7.92. The van der Waals surface area contributed by atoms with E-state index in [9.17, 15) is 13.2 Å². The number of rotatable bonds is 5. The Hall–Kier alpha value is -1.60. The Balaban J connectivity index is 2.34. The van der Waals surface area contributed by atoms with Gasteiger partial charge in [-0.25, -0.2) is 8.42 Å². The number of benzene rings is 1. The van der Waals surface area contributed by atoms with Crippen LogP contribution < -0.4 is 4.31 Å². The van der Waals surface area contributed by atoms with Gasteiger partial charge in [0.1, 0.15) is 6.54 Å². The molecule has 0 spiro atoms. The molecule has 1 aromatic carbocycles. The quantitative estimate of drug-likeness (QED) is 0.794. The summed E-state index contributed by atoms with van der Waals surface area (Å²) in [7, 11) is -1.54. The van der Waals surface area contributed by atoms with E-state index >= 15 is 0 Å². The number of likely N-dealkylation sites (N-methyl/N-ethyl adjacent to an activating group) is 1. The average molecular weight is 368 g/mol. The second kappa shape index (κ2) is 7.74. The van der Waals surface area contributed by atoms with Crippen molar-refractivity contribution in [1.29, 1.82) is 0 Å². The van der Waals surface area contributed by atoms with Crippen LogP contribution in [0, 0.1) is 6.92 Å². The van der Waals surface area contributed by atoms with Gasteiger partial charge in [-0.2, -0.15) is 0 Å². The van der Waals surface area contributed by atoms with Gasteiger partial charge in [-0.05, 0) is 31.0 Å². The van der Waals surface area contributed by atoms with E-state index in [0.29, 0.717) is 18.8 Å². The first-order chi connectivity index (χ1) is 11.6. The fraction of sp³-hybridized carbons (Fsp3) is 0.611. The summed E-state index contributed by atoms with van der Waals surface area (Å²) in [5.41, 5.74) is 2.45. The van der Waals surface area contributed by atoms with Crippen LogP contribution in [0.4, 0.5) is 5.69 Å². The molecule has 140 valence electrons. The molecule has 1 saturated heterocycles. The van der Waals surface area contributed by atoms with Gasteiger partial charge in [0.25, 0.3) is 0 Å². The van der Waals surface area contributed by atoms with Gasteiger partial charge in [-0.3, -0.25) is 9.10 Å². The van der Waals surface area contributed by atoms with Crippen LogP contribution in [0.3, 0.4) is 0 Å². The summed E-state index contributed by atoms with van der Waals surface area (Å²) < 4.78 is 26.2. The van der Waals surface area contributed by atoms with E-state index in [1.807, 2.05) is 46.0 Å². The fourth-order valence-corrected chi connectivity index (χ4v) is 4.06. The summed E-state index contributed by atoms with van der Waals surface area (Å²) in [5, 5.41) is 0. The molecular weight excluding hydrogens is 338 g/mol. The third-order valence-electron chi connectivity index (χ3n) is 4.68. The van der Waals surface area contributed by atoms with Crippen molar-refractivity contribution in [3.8, 4) is 0 Å². The first-order valence-corrected chi connectivity index (χ1v) is 10.5. The minimum absolute atomic E-state index is 0.142. The Morgan fingerprint density at radius 2 is 1.80 bits per heavy atom. The first kappa shape index (κ1) is 19.7. The Bertz CT molecular complexity index is 723. The number of para-hydroxylation sites is 1. The monoisotopic (exact) mass is 367 g/mol. The molecule has 2 rings (SSSR count). The molecule has 0 aliphatic carbocycles. The lowest BCUT2D eigenvalue weighted by Gasteiger charge is -2.34. The van der Waals surface area contributed by atoms with Crippen molar-refractivity contribution >= 4 is 21.6 Å². The second-order valence-electron chi connectivity index (χ2n) is 7.12. The van der Waals surface area contributed by atoms with Gasteiger partial charge in [0.15, 0.2) is 0 Å². The summed E-state index contributed by atoms with van der Waals surface area (Å²) in [6, 6.07) is 5.75. The number of nitrogens with zero attached hydrogens (tertiary/aromatic N) is 3. The van der Waals surface area contributed by atoms with Crippen molar-refractivity contribution in [3.63, 3.8) is 0 Å².